The van der Waals surface area contributed by atoms with Crippen molar-refractivity contribution >= 4 is 0 Å². The maximum atomic E-state index is 5.22. The number of methoxy groups -OCH3 is 2. The Bertz CT molecular complexity index is 176. The monoisotopic (exact) mass is 230 g/mol. The summed E-state index contributed by atoms with van der Waals surface area (Å²) in [6.45, 7) is 11.2. The van der Waals surface area contributed by atoms with Crippen molar-refractivity contribution in [1.82, 2.24) is 9.80 Å². The fourth-order valence-electron chi connectivity index (χ4n) is 2.13. The minimum absolute atomic E-state index is 0.0864. The van der Waals surface area contributed by atoms with Crippen LogP contribution in [0.4, 0.5) is 0 Å². The zero-order chi connectivity index (χ0) is 12.0. The first-order valence-electron chi connectivity index (χ1n) is 6.16. The summed E-state index contributed by atoms with van der Waals surface area (Å²) in [6, 6.07) is 0. The Morgan fingerprint density at radius 1 is 0.875 bits per heavy atom. The lowest BCUT2D eigenvalue weighted by Crippen LogP contribution is -2.49. The van der Waals surface area contributed by atoms with Crippen LogP contribution in [-0.2, 0) is 9.47 Å². The molecular formula is C12H26N2O2. The van der Waals surface area contributed by atoms with Crippen LogP contribution in [0.2, 0.25) is 0 Å². The molecule has 4 heteroatoms. The minimum atomic E-state index is -0.0864. The summed E-state index contributed by atoms with van der Waals surface area (Å²) in [5.41, 5.74) is 0. The molecule has 1 aliphatic heterocycles. The molecule has 0 atom stereocenters. The molecule has 1 saturated heterocycles. The number of ether oxygens (including phenoxy) is 2. The lowest BCUT2D eigenvalue weighted by Gasteiger charge is -2.36. The van der Waals surface area contributed by atoms with Crippen molar-refractivity contribution in [2.75, 3.05) is 53.5 Å². The summed E-state index contributed by atoms with van der Waals surface area (Å²) in [6.07, 6.45) is -0.0864. The van der Waals surface area contributed by atoms with Gasteiger partial charge in [0.25, 0.3) is 0 Å². The molecule has 0 saturated carbocycles. The van der Waals surface area contributed by atoms with Gasteiger partial charge in [0.1, 0.15) is 0 Å². The smallest absolute Gasteiger partial charge is 0.169 e. The third kappa shape index (κ3) is 4.78. The normalized spacial score (nSPS) is 19.9. The van der Waals surface area contributed by atoms with E-state index >= 15 is 0 Å². The molecule has 0 aliphatic carbocycles. The lowest BCUT2D eigenvalue weighted by molar-refractivity contribution is -0.119. The summed E-state index contributed by atoms with van der Waals surface area (Å²) in [5.74, 6) is 0.761. The topological polar surface area (TPSA) is 24.9 Å². The Kier molecular flexibility index (Phi) is 6.28. The predicted octanol–water partition coefficient (Wildman–Crippen LogP) is 0.879. The second kappa shape index (κ2) is 7.22. The van der Waals surface area contributed by atoms with Gasteiger partial charge in [-0.3, -0.25) is 4.90 Å². The van der Waals surface area contributed by atoms with E-state index in [1.807, 2.05) is 0 Å². The van der Waals surface area contributed by atoms with E-state index in [1.54, 1.807) is 14.2 Å². The van der Waals surface area contributed by atoms with Crippen LogP contribution in [0.25, 0.3) is 0 Å². The van der Waals surface area contributed by atoms with Gasteiger partial charge in [0.15, 0.2) is 6.29 Å². The first-order chi connectivity index (χ1) is 7.65. The Morgan fingerprint density at radius 2 is 1.31 bits per heavy atom. The first kappa shape index (κ1) is 13.9. The van der Waals surface area contributed by atoms with Crippen molar-refractivity contribution in [1.29, 1.82) is 0 Å². The quantitative estimate of drug-likeness (QED) is 0.632. The molecule has 96 valence electrons. The lowest BCUT2D eigenvalue weighted by atomic mass is 10.2. The average molecular weight is 230 g/mol. The highest BCUT2D eigenvalue weighted by Crippen LogP contribution is 2.06. The molecule has 1 heterocycles. The van der Waals surface area contributed by atoms with Crippen LogP contribution in [0.5, 0.6) is 0 Å². The Balaban J connectivity index is 2.21. The van der Waals surface area contributed by atoms with E-state index in [-0.39, 0.29) is 6.29 Å². The highest BCUT2D eigenvalue weighted by Gasteiger charge is 2.19. The van der Waals surface area contributed by atoms with Gasteiger partial charge in [-0.15, -0.1) is 0 Å². The Labute approximate surface area is 99.5 Å². The Hall–Kier alpha value is -0.160. The fourth-order valence-corrected chi connectivity index (χ4v) is 2.13. The van der Waals surface area contributed by atoms with E-state index in [4.69, 9.17) is 9.47 Å². The molecular weight excluding hydrogens is 204 g/mol. The van der Waals surface area contributed by atoms with Crippen LogP contribution in [-0.4, -0.2) is 69.6 Å². The molecule has 0 aromatic carbocycles. The van der Waals surface area contributed by atoms with Crippen molar-refractivity contribution in [2.45, 2.75) is 20.1 Å². The summed E-state index contributed by atoms with van der Waals surface area (Å²) < 4.78 is 10.4. The first-order valence-corrected chi connectivity index (χ1v) is 6.16. The standard InChI is InChI=1S/C12H26N2O2/c1-11(2)9-13-5-7-14(8-6-13)10-12(15-3)16-4/h11-12H,5-10H2,1-4H3. The minimum Gasteiger partial charge on any atom is -0.355 e. The van der Waals surface area contributed by atoms with Crippen molar-refractivity contribution in [2.24, 2.45) is 5.92 Å². The summed E-state index contributed by atoms with van der Waals surface area (Å²) in [5, 5.41) is 0. The molecule has 1 fully saturated rings. The van der Waals surface area contributed by atoms with E-state index in [0.717, 1.165) is 25.6 Å². The van der Waals surface area contributed by atoms with Gasteiger partial charge >= 0.3 is 0 Å². The number of hydrogen-bond donors (Lipinski definition) is 0. The number of hydrogen-bond acceptors (Lipinski definition) is 4. The number of nitrogens with zero attached hydrogens (tertiary/aromatic N) is 2. The van der Waals surface area contributed by atoms with Gasteiger partial charge in [-0.05, 0) is 5.92 Å². The summed E-state index contributed by atoms with van der Waals surface area (Å²) >= 11 is 0. The molecule has 0 amide bonds. The van der Waals surface area contributed by atoms with Crippen LogP contribution < -0.4 is 0 Å². The van der Waals surface area contributed by atoms with Gasteiger partial charge in [-0.2, -0.15) is 0 Å². The van der Waals surface area contributed by atoms with Crippen molar-refractivity contribution in [3.05, 3.63) is 0 Å². The maximum absolute atomic E-state index is 5.22. The molecule has 0 bridgehead atoms. The molecule has 0 unspecified atom stereocenters. The SMILES string of the molecule is COC(CN1CCN(CC(C)C)CC1)OC. The maximum Gasteiger partial charge on any atom is 0.169 e. The van der Waals surface area contributed by atoms with Gasteiger partial charge in [0.2, 0.25) is 0 Å². The van der Waals surface area contributed by atoms with Crippen LogP contribution in [0, 0.1) is 5.92 Å². The van der Waals surface area contributed by atoms with Crippen LogP contribution in [0.1, 0.15) is 13.8 Å². The third-order valence-corrected chi connectivity index (χ3v) is 3.02. The Morgan fingerprint density at radius 3 is 1.69 bits per heavy atom. The van der Waals surface area contributed by atoms with Crippen molar-refractivity contribution in [3.63, 3.8) is 0 Å². The van der Waals surface area contributed by atoms with E-state index in [0.29, 0.717) is 0 Å². The summed E-state index contributed by atoms with van der Waals surface area (Å²) in [4.78, 5) is 4.95. The van der Waals surface area contributed by atoms with E-state index in [2.05, 4.69) is 23.6 Å². The van der Waals surface area contributed by atoms with Crippen LogP contribution in [0.3, 0.4) is 0 Å². The molecule has 0 spiro atoms. The van der Waals surface area contributed by atoms with E-state index < -0.39 is 0 Å². The average Bonchev–Trinajstić information content (AvgIpc) is 2.27. The van der Waals surface area contributed by atoms with Gasteiger partial charge in [0, 0.05) is 53.5 Å². The zero-order valence-corrected chi connectivity index (χ0v) is 11.1. The molecule has 0 aromatic heterocycles. The zero-order valence-electron chi connectivity index (χ0n) is 11.1. The number of rotatable bonds is 6. The van der Waals surface area contributed by atoms with E-state index in [9.17, 15) is 0 Å². The highest BCUT2D eigenvalue weighted by atomic mass is 16.7. The summed E-state index contributed by atoms with van der Waals surface area (Å²) in [7, 11) is 3.40. The van der Waals surface area contributed by atoms with Crippen molar-refractivity contribution < 1.29 is 9.47 Å². The third-order valence-electron chi connectivity index (χ3n) is 3.02. The second-order valence-corrected chi connectivity index (χ2v) is 4.90. The fraction of sp³-hybridized carbons (Fsp3) is 1.00. The molecule has 16 heavy (non-hydrogen) atoms. The van der Waals surface area contributed by atoms with Crippen LogP contribution in [0.15, 0.2) is 0 Å². The van der Waals surface area contributed by atoms with E-state index in [1.165, 1.54) is 19.6 Å². The molecule has 0 N–H and O–H groups in total. The molecule has 1 rings (SSSR count). The highest BCUT2D eigenvalue weighted by molar-refractivity contribution is 4.73. The van der Waals surface area contributed by atoms with Crippen molar-refractivity contribution in [3.8, 4) is 0 Å². The predicted molar refractivity (Wildman–Crippen MR) is 65.5 cm³/mol. The van der Waals surface area contributed by atoms with Gasteiger partial charge in [0.05, 0.1) is 0 Å². The molecule has 1 aliphatic rings. The van der Waals surface area contributed by atoms with Crippen LogP contribution >= 0.6 is 0 Å². The van der Waals surface area contributed by atoms with Gasteiger partial charge in [-0.1, -0.05) is 13.8 Å². The number of piperazine rings is 1. The molecule has 4 nitrogen and oxygen atoms in total. The van der Waals surface area contributed by atoms with Gasteiger partial charge < -0.3 is 14.4 Å². The largest absolute Gasteiger partial charge is 0.355 e. The van der Waals surface area contributed by atoms with Gasteiger partial charge in [-0.25, -0.2) is 0 Å². The second-order valence-electron chi connectivity index (χ2n) is 4.90. The molecule has 0 radical (unpaired) electrons. The molecule has 0 aromatic rings.